The maximum Gasteiger partial charge on any atom is 0.519 e. The molecule has 0 aliphatic rings. The van der Waals surface area contributed by atoms with Crippen molar-refractivity contribution >= 4 is 40.3 Å². The van der Waals surface area contributed by atoms with Gasteiger partial charge in [-0.2, -0.15) is 0 Å². The number of carbonyl (C=O) groups excluding carboxylic acids is 1. The van der Waals surface area contributed by atoms with Gasteiger partial charge in [-0.1, -0.05) is 27.7 Å². The molecule has 0 saturated carbocycles. The smallest absolute Gasteiger partial charge is 0.502 e. The maximum absolute atomic E-state index is 12.3. The molecular weight excluding hydrogens is 664 g/mol. The molecule has 0 spiro atoms. The normalized spacial score (nSPS) is 11.1. The zero-order chi connectivity index (χ0) is 37.5. The van der Waals surface area contributed by atoms with Crippen molar-refractivity contribution in [3.63, 3.8) is 0 Å². The molecule has 0 bridgehead atoms. The van der Waals surface area contributed by atoms with E-state index in [4.69, 9.17) is 9.47 Å². The summed E-state index contributed by atoms with van der Waals surface area (Å²) >= 11 is 0. The van der Waals surface area contributed by atoms with E-state index in [9.17, 15) is 70.6 Å². The molecule has 0 aliphatic heterocycles. The van der Waals surface area contributed by atoms with Crippen LogP contribution in [0.1, 0.15) is 62.6 Å². The molecule has 0 amide bonds. The fourth-order valence-electron chi connectivity index (χ4n) is 4.40. The molecule has 0 fully saturated rings. The first-order chi connectivity index (χ1) is 22.7. The lowest BCUT2D eigenvalue weighted by molar-refractivity contribution is -0.395. The third-order valence-corrected chi connectivity index (χ3v) is 6.89. The molecule has 0 saturated heterocycles. The van der Waals surface area contributed by atoms with Crippen LogP contribution in [0.4, 0.5) is 38.9 Å². The van der Waals surface area contributed by atoms with E-state index in [0.717, 1.165) is 24.3 Å². The molecule has 0 radical (unpaired) electrons. The van der Waals surface area contributed by atoms with E-state index in [1.165, 1.54) is 6.92 Å². The van der Waals surface area contributed by atoms with Gasteiger partial charge in [-0.3, -0.25) is 60.7 Å². The number of carbonyl (C=O) groups is 1. The first-order valence-electron chi connectivity index (χ1n) is 13.7. The van der Waals surface area contributed by atoms with Crippen LogP contribution in [0, 0.1) is 67.6 Å². The number of hydrogen-bond acceptors (Lipinski definition) is 16. The number of nitro benzene ring substituents is 6. The molecule has 0 aromatic heterocycles. The molecule has 3 aromatic carbocycles. The minimum absolute atomic E-state index is 0.0245. The second kappa shape index (κ2) is 15.6. The van der Waals surface area contributed by atoms with E-state index in [2.05, 4.69) is 0 Å². The van der Waals surface area contributed by atoms with Gasteiger partial charge in [-0.15, -0.1) is 0 Å². The second-order valence-corrected chi connectivity index (χ2v) is 10.3. The summed E-state index contributed by atoms with van der Waals surface area (Å²) in [5.74, 6) is -2.57. The van der Waals surface area contributed by atoms with Gasteiger partial charge in [0.15, 0.2) is 5.75 Å². The van der Waals surface area contributed by atoms with Crippen molar-refractivity contribution in [3.05, 3.63) is 114 Å². The number of ether oxygens (including phenoxy) is 2. The lowest BCUT2D eigenvalue weighted by atomic mass is 9.94. The predicted molar refractivity (Wildman–Crippen MR) is 165 cm³/mol. The minimum Gasteiger partial charge on any atom is -0.502 e. The van der Waals surface area contributed by atoms with Crippen LogP contribution in [0.3, 0.4) is 0 Å². The van der Waals surface area contributed by atoms with Crippen LogP contribution in [0.15, 0.2) is 36.4 Å². The summed E-state index contributed by atoms with van der Waals surface area (Å²) in [4.78, 5) is 73.0. The third-order valence-electron chi connectivity index (χ3n) is 6.89. The fourth-order valence-corrected chi connectivity index (χ4v) is 4.40. The molecule has 1 atom stereocenters. The highest BCUT2D eigenvalue weighted by Crippen LogP contribution is 2.42. The fraction of sp³-hybridized carbons (Fsp3) is 0.296. The van der Waals surface area contributed by atoms with Gasteiger partial charge in [-0.05, 0) is 31.2 Å². The lowest BCUT2D eigenvalue weighted by Gasteiger charge is -2.14. The van der Waals surface area contributed by atoms with Crippen LogP contribution < -0.4 is 9.47 Å². The minimum atomic E-state index is -1.62. The van der Waals surface area contributed by atoms with Crippen LogP contribution in [0.5, 0.6) is 17.2 Å². The zero-order valence-electron chi connectivity index (χ0n) is 26.1. The standard InChI is InChI=1S/C17H14N4O11.C10H12N2O5/c1-3-9(2)12-6-11(19(25)26)8-14(21(29)30)16(12)32-17(22)31-15-5-4-10(18(23)24)7-13(15)20(27)28;1-5(2)9-6(3)7(11(14)15)4-8(10(9)13)12(16)17/h4-9H,3H2,1-2H3;4-5,13H,1-3H3. The number of phenolic OH excluding ortho intramolecular Hbond substituents is 1. The van der Waals surface area contributed by atoms with Crippen LogP contribution >= 0.6 is 0 Å². The third kappa shape index (κ3) is 8.90. The number of nitrogens with zero attached hydrogens (tertiary/aromatic N) is 6. The Morgan fingerprint density at radius 1 is 0.694 bits per heavy atom. The molecule has 1 N–H and O–H groups in total. The van der Waals surface area contributed by atoms with Gasteiger partial charge in [0.05, 0.1) is 47.7 Å². The van der Waals surface area contributed by atoms with E-state index in [1.807, 2.05) is 0 Å². The van der Waals surface area contributed by atoms with Gasteiger partial charge in [0, 0.05) is 28.8 Å². The molecule has 1 unspecified atom stereocenters. The van der Waals surface area contributed by atoms with Crippen molar-refractivity contribution in [3.8, 4) is 17.2 Å². The Kier molecular flexibility index (Phi) is 12.2. The number of phenols is 1. The Morgan fingerprint density at radius 2 is 1.20 bits per heavy atom. The van der Waals surface area contributed by atoms with Crippen molar-refractivity contribution in [2.24, 2.45) is 0 Å². The summed E-state index contributed by atoms with van der Waals surface area (Å²) in [6.07, 6.45) is -1.25. The molecule has 22 nitrogen and oxygen atoms in total. The quantitative estimate of drug-likeness (QED) is 0.0910. The van der Waals surface area contributed by atoms with Crippen LogP contribution in [-0.2, 0) is 0 Å². The Hall–Kier alpha value is -6.87. The van der Waals surface area contributed by atoms with E-state index in [0.29, 0.717) is 18.6 Å². The van der Waals surface area contributed by atoms with Gasteiger partial charge in [-0.25, -0.2) is 4.79 Å². The Labute approximate surface area is 273 Å². The summed E-state index contributed by atoms with van der Waals surface area (Å²) in [6.45, 7) is 8.15. The zero-order valence-corrected chi connectivity index (χ0v) is 26.1. The Morgan fingerprint density at radius 3 is 1.65 bits per heavy atom. The number of nitro groups is 6. The van der Waals surface area contributed by atoms with Gasteiger partial charge >= 0.3 is 23.2 Å². The van der Waals surface area contributed by atoms with Gasteiger partial charge in [0.25, 0.3) is 17.1 Å². The first kappa shape index (κ1) is 38.3. The average Bonchev–Trinajstić information content (AvgIpc) is 3.00. The molecule has 0 heterocycles. The lowest BCUT2D eigenvalue weighted by Crippen LogP contribution is -2.17. The topological polar surface area (TPSA) is 315 Å². The molecular formula is C27H26N6O16. The van der Waals surface area contributed by atoms with Crippen molar-refractivity contribution < 1.29 is 48.9 Å². The highest BCUT2D eigenvalue weighted by Gasteiger charge is 2.32. The maximum atomic E-state index is 12.3. The SMILES string of the molecule is CCC(C)c1cc([N+](=O)[O-])cc([N+](=O)[O-])c1OC(=O)Oc1ccc([N+](=O)[O-])cc1[N+](=O)[O-].Cc1c([N+](=O)[O-])cc([N+](=O)[O-])c(O)c1C(C)C. The summed E-state index contributed by atoms with van der Waals surface area (Å²) in [7, 11) is 0. The summed E-state index contributed by atoms with van der Waals surface area (Å²) in [5, 5.41) is 75.8. The molecule has 3 rings (SSSR count). The Bertz CT molecular complexity index is 1840. The predicted octanol–water partition coefficient (Wildman–Crippen LogP) is 7.05. The molecule has 260 valence electrons. The summed E-state index contributed by atoms with van der Waals surface area (Å²) in [6, 6.07) is 4.59. The van der Waals surface area contributed by atoms with Crippen molar-refractivity contribution in [1.29, 1.82) is 0 Å². The van der Waals surface area contributed by atoms with Gasteiger partial charge in [0.2, 0.25) is 11.5 Å². The van der Waals surface area contributed by atoms with E-state index in [1.54, 1.807) is 27.7 Å². The molecule has 49 heavy (non-hydrogen) atoms. The number of rotatable bonds is 11. The van der Waals surface area contributed by atoms with Crippen molar-refractivity contribution in [2.75, 3.05) is 0 Å². The highest BCUT2D eigenvalue weighted by atomic mass is 16.7. The summed E-state index contributed by atoms with van der Waals surface area (Å²) < 4.78 is 9.67. The van der Waals surface area contributed by atoms with E-state index in [-0.39, 0.29) is 28.3 Å². The van der Waals surface area contributed by atoms with Crippen molar-refractivity contribution in [1.82, 2.24) is 0 Å². The van der Waals surface area contributed by atoms with Crippen LogP contribution in [0.2, 0.25) is 0 Å². The molecule has 3 aromatic rings. The summed E-state index contributed by atoms with van der Waals surface area (Å²) in [5.41, 5.74) is -3.55. The molecule has 0 aliphatic carbocycles. The van der Waals surface area contributed by atoms with E-state index >= 15 is 0 Å². The van der Waals surface area contributed by atoms with Crippen LogP contribution in [-0.4, -0.2) is 40.8 Å². The van der Waals surface area contributed by atoms with E-state index < -0.39 is 87.3 Å². The van der Waals surface area contributed by atoms with Crippen molar-refractivity contribution in [2.45, 2.75) is 52.9 Å². The highest BCUT2D eigenvalue weighted by molar-refractivity contribution is 5.73. The first-order valence-corrected chi connectivity index (χ1v) is 13.7. The average molecular weight is 691 g/mol. The second-order valence-electron chi connectivity index (χ2n) is 10.3. The number of hydrogen-bond donors (Lipinski definition) is 1. The van der Waals surface area contributed by atoms with Crippen LogP contribution in [0.25, 0.3) is 0 Å². The Balaban J connectivity index is 0.000000412. The molecule has 22 heteroatoms. The number of aromatic hydroxyl groups is 1. The van der Waals surface area contributed by atoms with Gasteiger partial charge < -0.3 is 14.6 Å². The monoisotopic (exact) mass is 690 g/mol. The van der Waals surface area contributed by atoms with Gasteiger partial charge in [0.1, 0.15) is 0 Å². The number of benzene rings is 3. The largest absolute Gasteiger partial charge is 0.519 e. The number of non-ortho nitro benzene ring substituents is 2.